The molecule has 0 unspecified atom stereocenters. The zero-order chi connectivity index (χ0) is 13.2. The van der Waals surface area contributed by atoms with Crippen LogP contribution in [-0.4, -0.2) is 14.7 Å². The van der Waals surface area contributed by atoms with Crippen LogP contribution in [0, 0.1) is 6.92 Å². The molecule has 1 aromatic heterocycles. The van der Waals surface area contributed by atoms with Crippen molar-refractivity contribution < 1.29 is 8.42 Å². The molecule has 0 spiro atoms. The van der Waals surface area contributed by atoms with Gasteiger partial charge in [-0.1, -0.05) is 6.07 Å². The summed E-state index contributed by atoms with van der Waals surface area (Å²) in [6.07, 6.45) is 1.22. The molecule has 96 valence electrons. The molecule has 0 fully saturated rings. The lowest BCUT2D eigenvalue weighted by molar-refractivity contribution is 0.602. The fourth-order valence-electron chi connectivity index (χ4n) is 1.61. The van der Waals surface area contributed by atoms with Crippen LogP contribution in [-0.2, 0) is 16.4 Å². The average Bonchev–Trinajstić information content (AvgIpc) is 2.72. The van der Waals surface area contributed by atoms with Gasteiger partial charge in [0.25, 0.3) is 0 Å². The number of sulfone groups is 1. The first-order valence-corrected chi connectivity index (χ1v) is 8.25. The fourth-order valence-corrected chi connectivity index (χ4v) is 3.10. The Labute approximate surface area is 111 Å². The number of hydrogen-bond acceptors (Lipinski definition) is 4. The second kappa shape index (κ2) is 5.12. The highest BCUT2D eigenvalue weighted by Gasteiger charge is 2.07. The number of aryl methyl sites for hydroxylation is 1. The molecule has 0 aliphatic rings. The first-order valence-electron chi connectivity index (χ1n) is 5.54. The highest BCUT2D eigenvalue weighted by molar-refractivity contribution is 7.90. The lowest BCUT2D eigenvalue weighted by Crippen LogP contribution is -2.01. The van der Waals surface area contributed by atoms with Gasteiger partial charge in [-0.15, -0.1) is 11.3 Å². The number of nitrogens with one attached hydrogen (secondary N) is 1. The summed E-state index contributed by atoms with van der Waals surface area (Å²) in [6, 6.07) is 11.0. The molecule has 1 aromatic carbocycles. The van der Waals surface area contributed by atoms with Gasteiger partial charge in [-0.25, -0.2) is 8.42 Å². The average molecular weight is 281 g/mol. The minimum atomic E-state index is -3.14. The van der Waals surface area contributed by atoms with E-state index >= 15 is 0 Å². The van der Waals surface area contributed by atoms with Gasteiger partial charge >= 0.3 is 0 Å². The van der Waals surface area contributed by atoms with Gasteiger partial charge < -0.3 is 5.32 Å². The third-order valence-electron chi connectivity index (χ3n) is 2.52. The number of benzene rings is 1. The zero-order valence-corrected chi connectivity index (χ0v) is 11.9. The van der Waals surface area contributed by atoms with Crippen LogP contribution >= 0.6 is 11.3 Å². The van der Waals surface area contributed by atoms with Gasteiger partial charge in [0.05, 0.1) is 4.90 Å². The van der Waals surface area contributed by atoms with Gasteiger partial charge in [0.15, 0.2) is 9.84 Å². The number of hydrogen-bond donors (Lipinski definition) is 1. The van der Waals surface area contributed by atoms with Crippen molar-refractivity contribution in [3.05, 3.63) is 46.2 Å². The first-order chi connectivity index (χ1) is 8.45. The molecule has 2 rings (SSSR count). The molecule has 1 heterocycles. The maximum atomic E-state index is 11.4. The van der Waals surface area contributed by atoms with E-state index in [2.05, 4.69) is 24.4 Å². The highest BCUT2D eigenvalue weighted by atomic mass is 32.2. The minimum Gasteiger partial charge on any atom is -0.380 e. The van der Waals surface area contributed by atoms with Crippen molar-refractivity contribution in [2.45, 2.75) is 18.4 Å². The summed E-state index contributed by atoms with van der Waals surface area (Å²) in [6.45, 7) is 2.78. The smallest absolute Gasteiger partial charge is 0.175 e. The van der Waals surface area contributed by atoms with Crippen LogP contribution in [0.15, 0.2) is 41.3 Å². The molecule has 0 saturated carbocycles. The maximum Gasteiger partial charge on any atom is 0.175 e. The van der Waals surface area contributed by atoms with E-state index in [1.54, 1.807) is 29.5 Å². The molecule has 0 bridgehead atoms. The molecule has 0 radical (unpaired) electrons. The standard InChI is InChI=1S/C13H15NO2S2/c1-10-6-7-12(17-10)9-14-11-4-3-5-13(8-11)18(2,15)16/h3-8,14H,9H2,1-2H3. The predicted octanol–water partition coefficient (Wildman–Crippen LogP) is 3.07. The van der Waals surface area contributed by atoms with E-state index in [0.717, 1.165) is 5.69 Å². The van der Waals surface area contributed by atoms with Crippen molar-refractivity contribution in [1.29, 1.82) is 0 Å². The van der Waals surface area contributed by atoms with E-state index in [0.29, 0.717) is 11.4 Å². The highest BCUT2D eigenvalue weighted by Crippen LogP contribution is 2.19. The molecule has 5 heteroatoms. The molecule has 3 nitrogen and oxygen atoms in total. The van der Waals surface area contributed by atoms with E-state index in [4.69, 9.17) is 0 Å². The van der Waals surface area contributed by atoms with Crippen LogP contribution in [0.4, 0.5) is 5.69 Å². The SMILES string of the molecule is Cc1ccc(CNc2cccc(S(C)(=O)=O)c2)s1. The van der Waals surface area contributed by atoms with Crippen LogP contribution in [0.1, 0.15) is 9.75 Å². The third-order valence-corrected chi connectivity index (χ3v) is 4.64. The molecule has 2 aromatic rings. The molecular formula is C13H15NO2S2. The summed E-state index contributed by atoms with van der Waals surface area (Å²) in [5, 5.41) is 3.23. The van der Waals surface area contributed by atoms with Gasteiger partial charge in [-0.2, -0.15) is 0 Å². The Balaban J connectivity index is 2.11. The summed E-state index contributed by atoms with van der Waals surface area (Å²) in [7, 11) is -3.14. The molecule has 0 aliphatic carbocycles. The normalized spacial score (nSPS) is 11.4. The maximum absolute atomic E-state index is 11.4. The number of thiophene rings is 1. The second-order valence-corrected chi connectivity index (χ2v) is 7.55. The molecule has 0 aliphatic heterocycles. The van der Waals surface area contributed by atoms with Crippen molar-refractivity contribution in [2.75, 3.05) is 11.6 Å². The topological polar surface area (TPSA) is 46.2 Å². The van der Waals surface area contributed by atoms with Gasteiger partial charge in [0, 0.05) is 28.2 Å². The Morgan fingerprint density at radius 1 is 1.22 bits per heavy atom. The summed E-state index contributed by atoms with van der Waals surface area (Å²) in [4.78, 5) is 2.85. The number of anilines is 1. The van der Waals surface area contributed by atoms with E-state index in [9.17, 15) is 8.42 Å². The fraction of sp³-hybridized carbons (Fsp3) is 0.231. The van der Waals surface area contributed by atoms with Crippen molar-refractivity contribution in [3.63, 3.8) is 0 Å². The largest absolute Gasteiger partial charge is 0.380 e. The van der Waals surface area contributed by atoms with Crippen LogP contribution in [0.25, 0.3) is 0 Å². The molecule has 18 heavy (non-hydrogen) atoms. The van der Waals surface area contributed by atoms with Gasteiger partial charge in [-0.3, -0.25) is 0 Å². The molecule has 1 N–H and O–H groups in total. The second-order valence-electron chi connectivity index (χ2n) is 4.17. The lowest BCUT2D eigenvalue weighted by atomic mass is 10.3. The van der Waals surface area contributed by atoms with E-state index in [1.807, 2.05) is 6.07 Å². The lowest BCUT2D eigenvalue weighted by Gasteiger charge is -2.06. The quantitative estimate of drug-likeness (QED) is 0.937. The van der Waals surface area contributed by atoms with Crippen molar-refractivity contribution in [3.8, 4) is 0 Å². The summed E-state index contributed by atoms with van der Waals surface area (Å²) >= 11 is 1.74. The van der Waals surface area contributed by atoms with Crippen LogP contribution in [0.5, 0.6) is 0 Å². The van der Waals surface area contributed by atoms with E-state index < -0.39 is 9.84 Å². The summed E-state index contributed by atoms with van der Waals surface area (Å²) in [5.41, 5.74) is 0.823. The Hall–Kier alpha value is -1.33. The van der Waals surface area contributed by atoms with Gasteiger partial charge in [0.1, 0.15) is 0 Å². The molecule has 0 atom stereocenters. The van der Waals surface area contributed by atoms with Crippen molar-refractivity contribution in [2.24, 2.45) is 0 Å². The van der Waals surface area contributed by atoms with E-state index in [-0.39, 0.29) is 0 Å². The van der Waals surface area contributed by atoms with Crippen LogP contribution in [0.3, 0.4) is 0 Å². The summed E-state index contributed by atoms with van der Waals surface area (Å²) in [5.74, 6) is 0. The van der Waals surface area contributed by atoms with Crippen molar-refractivity contribution >= 4 is 26.9 Å². The molecule has 0 amide bonds. The van der Waals surface area contributed by atoms with Gasteiger partial charge in [-0.05, 0) is 37.3 Å². The Kier molecular flexibility index (Phi) is 3.73. The summed E-state index contributed by atoms with van der Waals surface area (Å²) < 4.78 is 22.9. The molecular weight excluding hydrogens is 266 g/mol. The van der Waals surface area contributed by atoms with Crippen molar-refractivity contribution in [1.82, 2.24) is 0 Å². The Bertz CT molecular complexity index is 645. The minimum absolute atomic E-state index is 0.342. The van der Waals surface area contributed by atoms with Crippen LogP contribution in [0.2, 0.25) is 0 Å². The first kappa shape index (κ1) is 13.1. The predicted molar refractivity (Wildman–Crippen MR) is 75.9 cm³/mol. The van der Waals surface area contributed by atoms with E-state index in [1.165, 1.54) is 16.0 Å². The van der Waals surface area contributed by atoms with Crippen LogP contribution < -0.4 is 5.32 Å². The number of rotatable bonds is 4. The Morgan fingerprint density at radius 3 is 2.61 bits per heavy atom. The monoisotopic (exact) mass is 281 g/mol. The van der Waals surface area contributed by atoms with Gasteiger partial charge in [0.2, 0.25) is 0 Å². The molecule has 0 saturated heterocycles. The Morgan fingerprint density at radius 2 is 2.00 bits per heavy atom. The third kappa shape index (κ3) is 3.34. The zero-order valence-electron chi connectivity index (χ0n) is 10.3.